The van der Waals surface area contributed by atoms with Gasteiger partial charge in [0.1, 0.15) is 0 Å². The molecule has 1 aliphatic heterocycles. The third-order valence-electron chi connectivity index (χ3n) is 4.98. The normalized spacial score (nSPS) is 29.7. The van der Waals surface area contributed by atoms with Crippen molar-refractivity contribution in [2.45, 2.75) is 51.0 Å². The Hall–Kier alpha value is 0.400. The van der Waals surface area contributed by atoms with E-state index in [2.05, 4.69) is 39.8 Å². The van der Waals surface area contributed by atoms with Crippen LogP contribution in [0, 0.1) is 5.41 Å². The van der Waals surface area contributed by atoms with E-state index in [1.54, 1.807) is 0 Å². The van der Waals surface area contributed by atoms with Crippen molar-refractivity contribution in [3.05, 3.63) is 0 Å². The molecule has 2 fully saturated rings. The minimum atomic E-state index is 0.567. The second-order valence-electron chi connectivity index (χ2n) is 6.69. The summed E-state index contributed by atoms with van der Waals surface area (Å²) < 4.78 is 0. The highest BCUT2D eigenvalue weighted by Crippen LogP contribution is 2.38. The van der Waals surface area contributed by atoms with Gasteiger partial charge in [-0.1, -0.05) is 41.6 Å². The monoisotopic (exact) mass is 316 g/mol. The summed E-state index contributed by atoms with van der Waals surface area (Å²) in [5, 5.41) is 1.20. The largest absolute Gasteiger partial charge is 0.305 e. The fraction of sp³-hybridized carbons (Fsp3) is 1.00. The maximum atomic E-state index is 3.82. The first-order valence-electron chi connectivity index (χ1n) is 7.60. The van der Waals surface area contributed by atoms with Crippen LogP contribution in [0.25, 0.3) is 0 Å². The maximum absolute atomic E-state index is 3.82. The van der Waals surface area contributed by atoms with Crippen LogP contribution >= 0.6 is 15.9 Å². The van der Waals surface area contributed by atoms with Crippen molar-refractivity contribution < 1.29 is 0 Å². The molecule has 3 heteroatoms. The summed E-state index contributed by atoms with van der Waals surface area (Å²) >= 11 is 3.82. The molecule has 2 rings (SSSR count). The number of hydrogen-bond acceptors (Lipinski definition) is 2. The van der Waals surface area contributed by atoms with Gasteiger partial charge in [0.25, 0.3) is 0 Å². The van der Waals surface area contributed by atoms with Gasteiger partial charge in [0.15, 0.2) is 0 Å². The Balaban J connectivity index is 1.90. The Morgan fingerprint density at radius 2 is 1.83 bits per heavy atom. The molecule has 0 aromatic heterocycles. The SMILES string of the molecule is CN(C)C1CCN(CC2(CBr)CCCCCC2)C1. The lowest BCUT2D eigenvalue weighted by Gasteiger charge is -2.35. The van der Waals surface area contributed by atoms with Gasteiger partial charge in [-0.25, -0.2) is 0 Å². The highest BCUT2D eigenvalue weighted by atomic mass is 79.9. The molecule has 0 aromatic carbocycles. The molecule has 0 amide bonds. The lowest BCUT2D eigenvalue weighted by Crippen LogP contribution is -2.39. The smallest absolute Gasteiger partial charge is 0.0229 e. The predicted molar refractivity (Wildman–Crippen MR) is 82.5 cm³/mol. The number of alkyl halides is 1. The van der Waals surface area contributed by atoms with Gasteiger partial charge in [0.2, 0.25) is 0 Å². The van der Waals surface area contributed by atoms with Crippen LogP contribution in [0.1, 0.15) is 44.9 Å². The molecule has 18 heavy (non-hydrogen) atoms. The maximum Gasteiger partial charge on any atom is 0.0229 e. The highest BCUT2D eigenvalue weighted by molar-refractivity contribution is 9.09. The molecule has 0 N–H and O–H groups in total. The second kappa shape index (κ2) is 6.71. The van der Waals surface area contributed by atoms with Crippen molar-refractivity contribution in [3.63, 3.8) is 0 Å². The molecule has 2 nitrogen and oxygen atoms in total. The summed E-state index contributed by atoms with van der Waals surface area (Å²) in [6.07, 6.45) is 10.0. The van der Waals surface area contributed by atoms with Gasteiger partial charge in [-0.2, -0.15) is 0 Å². The Morgan fingerprint density at radius 1 is 1.17 bits per heavy atom. The van der Waals surface area contributed by atoms with Crippen molar-refractivity contribution in [2.75, 3.05) is 39.1 Å². The molecule has 1 saturated heterocycles. The van der Waals surface area contributed by atoms with Crippen molar-refractivity contribution in [3.8, 4) is 0 Å². The van der Waals surface area contributed by atoms with Crippen molar-refractivity contribution in [2.24, 2.45) is 5.41 Å². The molecule has 1 heterocycles. The molecule has 1 atom stereocenters. The van der Waals surface area contributed by atoms with E-state index < -0.39 is 0 Å². The van der Waals surface area contributed by atoms with E-state index in [-0.39, 0.29) is 0 Å². The van der Waals surface area contributed by atoms with Crippen LogP contribution in [-0.2, 0) is 0 Å². The van der Waals surface area contributed by atoms with Gasteiger partial charge in [0, 0.05) is 24.5 Å². The van der Waals surface area contributed by atoms with E-state index in [0.29, 0.717) is 5.41 Å². The molecular formula is C15H29BrN2. The zero-order valence-electron chi connectivity index (χ0n) is 12.1. The first-order chi connectivity index (χ1) is 8.65. The molecule has 0 spiro atoms. The summed E-state index contributed by atoms with van der Waals surface area (Å²) in [6, 6.07) is 0.781. The summed E-state index contributed by atoms with van der Waals surface area (Å²) in [7, 11) is 4.44. The van der Waals surface area contributed by atoms with E-state index in [1.165, 1.54) is 69.9 Å². The number of nitrogens with zero attached hydrogens (tertiary/aromatic N) is 2. The van der Waals surface area contributed by atoms with E-state index >= 15 is 0 Å². The van der Waals surface area contributed by atoms with Crippen molar-refractivity contribution in [1.82, 2.24) is 9.80 Å². The molecule has 106 valence electrons. The summed E-state index contributed by atoms with van der Waals surface area (Å²) in [6.45, 7) is 3.90. The summed E-state index contributed by atoms with van der Waals surface area (Å²) in [5.41, 5.74) is 0.567. The number of halogens is 1. The van der Waals surface area contributed by atoms with E-state index in [1.807, 2.05) is 0 Å². The van der Waals surface area contributed by atoms with Crippen molar-refractivity contribution in [1.29, 1.82) is 0 Å². The second-order valence-corrected chi connectivity index (χ2v) is 7.25. The van der Waals surface area contributed by atoms with Gasteiger partial charge in [-0.15, -0.1) is 0 Å². The first-order valence-corrected chi connectivity index (χ1v) is 8.72. The van der Waals surface area contributed by atoms with Gasteiger partial charge < -0.3 is 9.80 Å². The molecule has 1 saturated carbocycles. The fourth-order valence-corrected chi connectivity index (χ4v) is 4.40. The molecule has 1 unspecified atom stereocenters. The number of rotatable bonds is 4. The standard InChI is InChI=1S/C15H29BrN2/c1-17(2)14-7-10-18(11-14)13-15(12-16)8-5-3-4-6-9-15/h14H,3-13H2,1-2H3. The van der Waals surface area contributed by atoms with E-state index in [9.17, 15) is 0 Å². The van der Waals surface area contributed by atoms with E-state index in [0.717, 1.165) is 6.04 Å². The van der Waals surface area contributed by atoms with Crippen LogP contribution in [0.4, 0.5) is 0 Å². The first kappa shape index (κ1) is 14.8. The van der Waals surface area contributed by atoms with Gasteiger partial charge in [-0.05, 0) is 45.3 Å². The van der Waals surface area contributed by atoms with Crippen LogP contribution in [0.15, 0.2) is 0 Å². The highest BCUT2D eigenvalue weighted by Gasteiger charge is 2.34. The van der Waals surface area contributed by atoms with Gasteiger partial charge >= 0.3 is 0 Å². The third kappa shape index (κ3) is 3.71. The average Bonchev–Trinajstić information content (AvgIpc) is 2.69. The van der Waals surface area contributed by atoms with E-state index in [4.69, 9.17) is 0 Å². The molecule has 0 bridgehead atoms. The predicted octanol–water partition coefficient (Wildman–Crippen LogP) is 3.36. The van der Waals surface area contributed by atoms with Crippen LogP contribution in [0.2, 0.25) is 0 Å². The minimum Gasteiger partial charge on any atom is -0.305 e. The van der Waals surface area contributed by atoms with Crippen LogP contribution in [0.3, 0.4) is 0 Å². The molecule has 0 radical (unpaired) electrons. The summed E-state index contributed by atoms with van der Waals surface area (Å²) in [5.74, 6) is 0. The lowest BCUT2D eigenvalue weighted by molar-refractivity contribution is 0.165. The summed E-state index contributed by atoms with van der Waals surface area (Å²) in [4.78, 5) is 5.12. The minimum absolute atomic E-state index is 0.567. The number of likely N-dealkylation sites (N-methyl/N-ethyl adjacent to an activating group) is 1. The quantitative estimate of drug-likeness (QED) is 0.579. The zero-order valence-corrected chi connectivity index (χ0v) is 13.7. The molecule has 1 aliphatic carbocycles. The Kier molecular flexibility index (Phi) is 5.52. The average molecular weight is 317 g/mol. The Labute approximate surface area is 121 Å². The van der Waals surface area contributed by atoms with Crippen molar-refractivity contribution >= 4 is 15.9 Å². The zero-order chi connectivity index (χ0) is 13.0. The van der Waals surface area contributed by atoms with Crippen LogP contribution < -0.4 is 0 Å². The number of hydrogen-bond donors (Lipinski definition) is 0. The Morgan fingerprint density at radius 3 is 2.33 bits per heavy atom. The number of likely N-dealkylation sites (tertiary alicyclic amines) is 1. The van der Waals surface area contributed by atoms with Gasteiger partial charge in [0.05, 0.1) is 0 Å². The van der Waals surface area contributed by atoms with Crippen LogP contribution in [0.5, 0.6) is 0 Å². The lowest BCUT2D eigenvalue weighted by atomic mass is 9.82. The Bertz CT molecular complexity index is 247. The van der Waals surface area contributed by atoms with Crippen LogP contribution in [-0.4, -0.2) is 54.9 Å². The topological polar surface area (TPSA) is 6.48 Å². The fourth-order valence-electron chi connectivity index (χ4n) is 3.66. The third-order valence-corrected chi connectivity index (χ3v) is 6.17. The molecular weight excluding hydrogens is 288 g/mol. The van der Waals surface area contributed by atoms with Gasteiger partial charge in [-0.3, -0.25) is 0 Å². The molecule has 2 aliphatic rings. The molecule has 0 aromatic rings.